The highest BCUT2D eigenvalue weighted by Crippen LogP contribution is 2.41. The quantitative estimate of drug-likeness (QED) is 0.434. The second kappa shape index (κ2) is 9.63. The van der Waals surface area contributed by atoms with E-state index in [4.69, 9.17) is 0 Å². The Morgan fingerprint density at radius 2 is 1.68 bits per heavy atom. The molecule has 4 rings (SSSR count). The maximum absolute atomic E-state index is 15.1. The van der Waals surface area contributed by atoms with E-state index < -0.39 is 11.6 Å². The molecule has 0 aliphatic heterocycles. The van der Waals surface area contributed by atoms with Gasteiger partial charge in [-0.1, -0.05) is 57.4 Å². The monoisotopic (exact) mass is 426 g/mol. The van der Waals surface area contributed by atoms with Crippen LogP contribution in [0.1, 0.15) is 98.9 Å². The Morgan fingerprint density at radius 3 is 2.39 bits per heavy atom. The van der Waals surface area contributed by atoms with E-state index in [9.17, 15) is 4.39 Å². The van der Waals surface area contributed by atoms with Crippen molar-refractivity contribution in [1.29, 1.82) is 0 Å². The Bertz CT molecular complexity index is 965. The van der Waals surface area contributed by atoms with Gasteiger partial charge in [-0.05, 0) is 90.7 Å². The molecule has 2 aromatic carbocycles. The topological polar surface area (TPSA) is 0 Å². The van der Waals surface area contributed by atoms with Gasteiger partial charge in [0, 0.05) is 5.56 Å². The van der Waals surface area contributed by atoms with Crippen LogP contribution in [-0.4, -0.2) is 0 Å². The number of rotatable bonds is 6. The second-order valence-electron chi connectivity index (χ2n) is 9.36. The Hall–Kier alpha value is -2.03. The third-order valence-corrected chi connectivity index (χ3v) is 7.39. The fourth-order valence-electron chi connectivity index (χ4n) is 5.43. The first-order valence-electron chi connectivity index (χ1n) is 12.0. The summed E-state index contributed by atoms with van der Waals surface area (Å²) in [5, 5.41) is 0. The normalized spacial score (nSPS) is 21.0. The molecule has 31 heavy (non-hydrogen) atoms. The van der Waals surface area contributed by atoms with Crippen LogP contribution in [0.2, 0.25) is 0 Å². The maximum atomic E-state index is 15.1. The number of halogens is 3. The molecule has 0 nitrogen and oxygen atoms in total. The van der Waals surface area contributed by atoms with Gasteiger partial charge in [0.15, 0.2) is 11.6 Å². The fourth-order valence-corrected chi connectivity index (χ4v) is 5.43. The van der Waals surface area contributed by atoms with Crippen molar-refractivity contribution in [3.63, 3.8) is 0 Å². The van der Waals surface area contributed by atoms with Gasteiger partial charge in [0.2, 0.25) is 0 Å². The van der Waals surface area contributed by atoms with Crippen molar-refractivity contribution in [1.82, 2.24) is 0 Å². The standard InChI is InChI=1S/C28H33F3/c1-3-5-6-18-7-9-20(10-8-18)24-13-14-25(28(31)27(24)30)22-12-11-21-15-19(4-2)26(29)17-23(21)16-22/h13-18,20H,3-12H2,1-2H3. The van der Waals surface area contributed by atoms with Crippen LogP contribution in [0.15, 0.2) is 24.3 Å². The molecule has 2 aliphatic carbocycles. The van der Waals surface area contributed by atoms with Crippen LogP contribution in [0, 0.1) is 23.4 Å². The lowest BCUT2D eigenvalue weighted by molar-refractivity contribution is 0.299. The van der Waals surface area contributed by atoms with E-state index in [1.807, 2.05) is 19.1 Å². The van der Waals surface area contributed by atoms with E-state index in [2.05, 4.69) is 6.92 Å². The van der Waals surface area contributed by atoms with Crippen molar-refractivity contribution >= 4 is 11.6 Å². The molecular weight excluding hydrogens is 393 g/mol. The highest BCUT2D eigenvalue weighted by Gasteiger charge is 2.27. The molecule has 0 heterocycles. The minimum absolute atomic E-state index is 0.115. The minimum atomic E-state index is -0.744. The largest absolute Gasteiger partial charge is 0.207 e. The highest BCUT2D eigenvalue weighted by atomic mass is 19.2. The Balaban J connectivity index is 1.55. The van der Waals surface area contributed by atoms with Gasteiger partial charge in [0.1, 0.15) is 5.82 Å². The second-order valence-corrected chi connectivity index (χ2v) is 9.36. The number of hydrogen-bond acceptors (Lipinski definition) is 0. The predicted molar refractivity (Wildman–Crippen MR) is 123 cm³/mol. The van der Waals surface area contributed by atoms with Crippen LogP contribution in [-0.2, 0) is 12.8 Å². The van der Waals surface area contributed by atoms with Gasteiger partial charge >= 0.3 is 0 Å². The van der Waals surface area contributed by atoms with Crippen LogP contribution >= 0.6 is 0 Å². The zero-order chi connectivity index (χ0) is 22.0. The molecule has 0 aromatic heterocycles. The molecule has 0 saturated heterocycles. The first-order chi connectivity index (χ1) is 15.0. The number of aryl methyl sites for hydroxylation is 2. The maximum Gasteiger partial charge on any atom is 0.166 e. The summed E-state index contributed by atoms with van der Waals surface area (Å²) >= 11 is 0. The molecule has 166 valence electrons. The lowest BCUT2D eigenvalue weighted by Crippen LogP contribution is -2.15. The fraction of sp³-hybridized carbons (Fsp3) is 0.500. The zero-order valence-corrected chi connectivity index (χ0v) is 18.7. The average molecular weight is 427 g/mol. The molecule has 0 atom stereocenters. The van der Waals surface area contributed by atoms with Gasteiger partial charge in [-0.3, -0.25) is 0 Å². The number of fused-ring (bicyclic) bond motifs is 1. The number of allylic oxidation sites excluding steroid dienone is 1. The predicted octanol–water partition coefficient (Wildman–Crippen LogP) is 8.62. The first-order valence-corrected chi connectivity index (χ1v) is 12.0. The summed E-state index contributed by atoms with van der Waals surface area (Å²) < 4.78 is 44.5. The molecule has 0 radical (unpaired) electrons. The van der Waals surface area contributed by atoms with E-state index in [0.29, 0.717) is 29.5 Å². The van der Waals surface area contributed by atoms with E-state index in [1.165, 1.54) is 25.3 Å². The van der Waals surface area contributed by atoms with Crippen LogP contribution in [0.5, 0.6) is 0 Å². The molecule has 0 amide bonds. The minimum Gasteiger partial charge on any atom is -0.207 e. The number of benzene rings is 2. The summed E-state index contributed by atoms with van der Waals surface area (Å²) in [6.07, 6.45) is 11.7. The van der Waals surface area contributed by atoms with Crippen LogP contribution in [0.25, 0.3) is 11.6 Å². The molecule has 1 fully saturated rings. The molecule has 1 saturated carbocycles. The van der Waals surface area contributed by atoms with Gasteiger partial charge in [-0.2, -0.15) is 0 Å². The summed E-state index contributed by atoms with van der Waals surface area (Å²) in [6, 6.07) is 6.98. The van der Waals surface area contributed by atoms with E-state index in [-0.39, 0.29) is 11.7 Å². The number of hydrogen-bond donors (Lipinski definition) is 0. The van der Waals surface area contributed by atoms with Gasteiger partial charge < -0.3 is 0 Å². The molecule has 0 N–H and O–H groups in total. The molecular formula is C28H33F3. The summed E-state index contributed by atoms with van der Waals surface area (Å²) in [7, 11) is 0. The Labute approximate surface area is 184 Å². The molecule has 3 heteroatoms. The van der Waals surface area contributed by atoms with Crippen LogP contribution in [0.3, 0.4) is 0 Å². The van der Waals surface area contributed by atoms with Crippen molar-refractivity contribution in [3.8, 4) is 0 Å². The van der Waals surface area contributed by atoms with Crippen molar-refractivity contribution in [3.05, 3.63) is 69.5 Å². The van der Waals surface area contributed by atoms with Crippen molar-refractivity contribution in [2.45, 2.75) is 84.0 Å². The summed E-state index contributed by atoms with van der Waals surface area (Å²) in [5.74, 6) is -0.802. The van der Waals surface area contributed by atoms with Crippen LogP contribution < -0.4 is 0 Å². The van der Waals surface area contributed by atoms with E-state index in [0.717, 1.165) is 54.7 Å². The van der Waals surface area contributed by atoms with Crippen molar-refractivity contribution < 1.29 is 13.2 Å². The molecule has 2 aromatic rings. The summed E-state index contributed by atoms with van der Waals surface area (Å²) in [4.78, 5) is 0. The van der Waals surface area contributed by atoms with Gasteiger partial charge in [0.25, 0.3) is 0 Å². The molecule has 0 unspecified atom stereocenters. The van der Waals surface area contributed by atoms with Gasteiger partial charge in [-0.15, -0.1) is 0 Å². The van der Waals surface area contributed by atoms with E-state index >= 15 is 8.78 Å². The summed E-state index contributed by atoms with van der Waals surface area (Å²) in [5.41, 5.74) is 4.18. The van der Waals surface area contributed by atoms with E-state index in [1.54, 1.807) is 12.1 Å². The SMILES string of the molecule is CCCCC1CCC(c2ccc(C3=Cc4cc(F)c(CC)cc4CC3)c(F)c2F)CC1. The highest BCUT2D eigenvalue weighted by molar-refractivity contribution is 5.84. The van der Waals surface area contributed by atoms with Gasteiger partial charge in [-0.25, -0.2) is 13.2 Å². The van der Waals surface area contributed by atoms with Gasteiger partial charge in [0.05, 0.1) is 0 Å². The third kappa shape index (κ3) is 4.61. The Kier molecular flexibility index (Phi) is 6.89. The molecule has 0 spiro atoms. The lowest BCUT2D eigenvalue weighted by Gasteiger charge is -2.29. The Morgan fingerprint density at radius 1 is 0.903 bits per heavy atom. The third-order valence-electron chi connectivity index (χ3n) is 7.39. The number of unbranched alkanes of at least 4 members (excludes halogenated alkanes) is 1. The lowest BCUT2D eigenvalue weighted by atomic mass is 9.76. The zero-order valence-electron chi connectivity index (χ0n) is 18.7. The van der Waals surface area contributed by atoms with Crippen molar-refractivity contribution in [2.75, 3.05) is 0 Å². The first kappa shape index (κ1) is 22.2. The van der Waals surface area contributed by atoms with Crippen molar-refractivity contribution in [2.24, 2.45) is 5.92 Å². The van der Waals surface area contributed by atoms with Crippen LogP contribution in [0.4, 0.5) is 13.2 Å². The smallest absolute Gasteiger partial charge is 0.166 e. The molecule has 2 aliphatic rings. The summed E-state index contributed by atoms with van der Waals surface area (Å²) in [6.45, 7) is 4.15. The average Bonchev–Trinajstić information content (AvgIpc) is 2.79. The molecule has 0 bridgehead atoms.